The zero-order chi connectivity index (χ0) is 24.4. The maximum absolute atomic E-state index is 13.2. The average molecular weight is 513 g/mol. The zero-order valence-corrected chi connectivity index (χ0v) is 19.4. The molecule has 9 nitrogen and oxygen atoms in total. The van der Waals surface area contributed by atoms with E-state index in [1.165, 1.54) is 23.1 Å². The normalized spacial score (nSPS) is 16.7. The van der Waals surface area contributed by atoms with Crippen LogP contribution in [-0.4, -0.2) is 84.9 Å². The summed E-state index contributed by atoms with van der Waals surface area (Å²) in [7, 11) is -0.850. The van der Waals surface area contributed by atoms with Crippen LogP contribution < -0.4 is 14.3 Å². The van der Waals surface area contributed by atoms with Crippen molar-refractivity contribution in [2.24, 2.45) is 7.05 Å². The van der Waals surface area contributed by atoms with Crippen molar-refractivity contribution >= 4 is 57.2 Å². The van der Waals surface area contributed by atoms with E-state index >= 15 is 0 Å². The Morgan fingerprint density at radius 3 is 2.50 bits per heavy atom. The van der Waals surface area contributed by atoms with Gasteiger partial charge in [0.1, 0.15) is 0 Å². The number of benzene rings is 1. The van der Waals surface area contributed by atoms with Gasteiger partial charge in [0.25, 0.3) is 0 Å². The molecule has 1 aliphatic rings. The van der Waals surface area contributed by atoms with Crippen molar-refractivity contribution in [2.45, 2.75) is 38.4 Å². The van der Waals surface area contributed by atoms with E-state index in [2.05, 4.69) is 10.4 Å². The van der Waals surface area contributed by atoms with Gasteiger partial charge >= 0.3 is 52.0 Å². The van der Waals surface area contributed by atoms with E-state index in [4.69, 9.17) is 0 Å². The van der Waals surface area contributed by atoms with Gasteiger partial charge in [0.05, 0.1) is 24.0 Å². The molecule has 0 unspecified atom stereocenters. The second kappa shape index (κ2) is 11.3. The molecule has 2 heterocycles. The molecule has 2 amide bonds. The van der Waals surface area contributed by atoms with Gasteiger partial charge < -0.3 is 10.2 Å². The van der Waals surface area contributed by atoms with Crippen LogP contribution in [0, 0.1) is 0 Å². The van der Waals surface area contributed by atoms with E-state index in [1.807, 2.05) is 16.7 Å². The second-order valence-electron chi connectivity index (χ2n) is 8.01. The number of carbonyl (C=O) groups is 1. The number of urea groups is 1. The zero-order valence-electron chi connectivity index (χ0n) is 18.6. The van der Waals surface area contributed by atoms with Crippen LogP contribution in [0.1, 0.15) is 30.9 Å². The summed E-state index contributed by atoms with van der Waals surface area (Å²) in [6, 6.07) is 1.90. The summed E-state index contributed by atoms with van der Waals surface area (Å²) in [4.78, 5) is 14.5. The fourth-order valence-corrected chi connectivity index (χ4v) is 4.88. The fourth-order valence-electron chi connectivity index (χ4n) is 3.74. The molecule has 0 bridgehead atoms. The molecule has 0 radical (unpaired) electrons. The van der Waals surface area contributed by atoms with Crippen LogP contribution in [0.3, 0.4) is 0 Å². The van der Waals surface area contributed by atoms with Crippen molar-refractivity contribution in [1.29, 1.82) is 0 Å². The topological polar surface area (TPSA) is 99.6 Å². The number of likely N-dealkylation sites (N-methyl/N-ethyl adjacent to an activating group) is 1. The standard InChI is InChI=1S/C20H27F3N6O3S.Na.H/c1-4-14-8-15(20(21,22)23)10-16(9-14)25-19(30)26-33(31,32)29(18-11-24-28(3)12-18)13-17-6-5-7-27(17)2;;/h8-12,17H,4-7,13H2,1-3H3,(H2,25,26,30);;/t17-;;/m0../s1. The summed E-state index contributed by atoms with van der Waals surface area (Å²) < 4.78 is 70.1. The van der Waals surface area contributed by atoms with Crippen LogP contribution in [0.15, 0.2) is 30.6 Å². The summed E-state index contributed by atoms with van der Waals surface area (Å²) in [5.41, 5.74) is -0.464. The van der Waals surface area contributed by atoms with Crippen LogP contribution >= 0.6 is 0 Å². The Hall–Kier alpha value is -1.80. The number of carbonyl (C=O) groups excluding carboxylic acids is 1. The van der Waals surface area contributed by atoms with Crippen molar-refractivity contribution in [3.8, 4) is 0 Å². The van der Waals surface area contributed by atoms with Gasteiger partial charge in [-0.05, 0) is 56.6 Å². The first kappa shape index (κ1) is 28.4. The van der Waals surface area contributed by atoms with Gasteiger partial charge in [-0.25, -0.2) is 13.8 Å². The molecule has 1 aromatic heterocycles. The molecule has 2 aromatic rings. The maximum atomic E-state index is 13.2. The number of aromatic nitrogens is 2. The number of hydrogen-bond donors (Lipinski definition) is 2. The molecule has 0 saturated carbocycles. The number of alkyl halides is 3. The van der Waals surface area contributed by atoms with Gasteiger partial charge in [-0.15, -0.1) is 0 Å². The molecule has 34 heavy (non-hydrogen) atoms. The molecule has 0 aliphatic carbocycles. The van der Waals surface area contributed by atoms with Crippen molar-refractivity contribution < 1.29 is 26.4 Å². The first-order chi connectivity index (χ1) is 15.4. The van der Waals surface area contributed by atoms with Crippen molar-refractivity contribution in [3.05, 3.63) is 41.7 Å². The van der Waals surface area contributed by atoms with E-state index in [0.29, 0.717) is 12.0 Å². The third-order valence-electron chi connectivity index (χ3n) is 5.53. The van der Waals surface area contributed by atoms with Gasteiger partial charge in [-0.2, -0.15) is 26.7 Å². The van der Waals surface area contributed by atoms with Crippen molar-refractivity contribution in [1.82, 2.24) is 19.4 Å². The first-order valence-corrected chi connectivity index (χ1v) is 11.8. The molecule has 3 rings (SSSR count). The van der Waals surface area contributed by atoms with Gasteiger partial charge in [0.2, 0.25) is 0 Å². The Kier molecular flexibility index (Phi) is 9.44. The molecule has 1 fully saturated rings. The first-order valence-electron chi connectivity index (χ1n) is 10.4. The van der Waals surface area contributed by atoms with Gasteiger partial charge in [0.15, 0.2) is 0 Å². The number of rotatable bonds is 7. The summed E-state index contributed by atoms with van der Waals surface area (Å²) in [6.07, 6.45) is 0.292. The molecule has 1 aliphatic heterocycles. The molecule has 0 spiro atoms. The monoisotopic (exact) mass is 512 g/mol. The molecule has 1 atom stereocenters. The molecular formula is C20H28F3N6NaO3S. The SMILES string of the molecule is CCc1cc(NC(=O)NS(=O)(=O)N(C[C@@H]2CCCN2C)c2cnn(C)c2)cc(C(F)(F)F)c1.[NaH]. The third kappa shape index (κ3) is 7.11. The molecule has 2 N–H and O–H groups in total. The Labute approximate surface area is 219 Å². The quantitative estimate of drug-likeness (QED) is 0.555. The van der Waals surface area contributed by atoms with E-state index in [1.54, 1.807) is 14.0 Å². The number of nitrogens with one attached hydrogen (secondary N) is 2. The van der Waals surface area contributed by atoms with Gasteiger partial charge in [0, 0.05) is 25.0 Å². The number of likely N-dealkylation sites (tertiary alicyclic amines) is 1. The number of halogens is 3. The van der Waals surface area contributed by atoms with E-state index in [-0.39, 0.29) is 53.5 Å². The third-order valence-corrected chi connectivity index (χ3v) is 6.91. The summed E-state index contributed by atoms with van der Waals surface area (Å²) >= 11 is 0. The van der Waals surface area contributed by atoms with Gasteiger partial charge in [-0.3, -0.25) is 4.68 Å². The van der Waals surface area contributed by atoms with Crippen molar-refractivity contribution in [3.63, 3.8) is 0 Å². The number of anilines is 2. The summed E-state index contributed by atoms with van der Waals surface area (Å²) in [5, 5.41) is 6.22. The predicted octanol–water partition coefficient (Wildman–Crippen LogP) is 2.32. The summed E-state index contributed by atoms with van der Waals surface area (Å²) in [6.45, 7) is 2.60. The Bertz CT molecular complexity index is 1110. The number of aryl methyl sites for hydroxylation is 2. The van der Waals surface area contributed by atoms with Crippen LogP contribution in [-0.2, 0) is 29.9 Å². The Balaban J connectivity index is 0.00000408. The van der Waals surface area contributed by atoms with E-state index in [9.17, 15) is 26.4 Å². The predicted molar refractivity (Wildman–Crippen MR) is 125 cm³/mol. The fraction of sp³-hybridized carbons (Fsp3) is 0.500. The van der Waals surface area contributed by atoms with Crippen LogP contribution in [0.25, 0.3) is 0 Å². The second-order valence-corrected chi connectivity index (χ2v) is 9.61. The molecule has 14 heteroatoms. The van der Waals surface area contributed by atoms with Gasteiger partial charge in [-0.1, -0.05) is 6.92 Å². The Morgan fingerprint density at radius 2 is 1.97 bits per heavy atom. The van der Waals surface area contributed by atoms with E-state index < -0.39 is 28.0 Å². The van der Waals surface area contributed by atoms with Crippen molar-refractivity contribution in [2.75, 3.05) is 29.8 Å². The average Bonchev–Trinajstić information content (AvgIpc) is 3.32. The molecule has 1 aromatic carbocycles. The molecular weight excluding hydrogens is 484 g/mol. The summed E-state index contributed by atoms with van der Waals surface area (Å²) in [5.74, 6) is 0. The minimum atomic E-state index is -4.60. The number of amides is 2. The van der Waals surface area contributed by atoms with Crippen LogP contribution in [0.2, 0.25) is 0 Å². The van der Waals surface area contributed by atoms with Crippen LogP contribution in [0.4, 0.5) is 29.3 Å². The molecule has 1 saturated heterocycles. The minimum absolute atomic E-state index is 0. The number of hydrogen-bond acceptors (Lipinski definition) is 5. The van der Waals surface area contributed by atoms with E-state index in [0.717, 1.165) is 35.8 Å². The molecule has 184 valence electrons. The van der Waals surface area contributed by atoms with Crippen LogP contribution in [0.5, 0.6) is 0 Å². The Morgan fingerprint density at radius 1 is 1.26 bits per heavy atom. The number of nitrogens with zero attached hydrogens (tertiary/aromatic N) is 4.